The topological polar surface area (TPSA) is 77.8 Å². The Balaban J connectivity index is 2.77. The van der Waals surface area contributed by atoms with E-state index in [9.17, 15) is 22.8 Å². The summed E-state index contributed by atoms with van der Waals surface area (Å²) in [5.41, 5.74) is 0. The highest BCUT2D eigenvalue weighted by Gasteiger charge is 2.48. The van der Waals surface area contributed by atoms with E-state index in [1.807, 2.05) is 0 Å². The second kappa shape index (κ2) is 4.28. The first-order valence-electron chi connectivity index (χ1n) is 4.49. The molecule has 0 unspecified atom stereocenters. The fourth-order valence-corrected chi connectivity index (χ4v) is 1.70. The SMILES string of the molecule is O=C(O)C[C@@H]1C[C@@H](O)CN1C(=O)C(F)(F)F. The molecule has 5 nitrogen and oxygen atoms in total. The maximum absolute atomic E-state index is 12.1. The van der Waals surface area contributed by atoms with Crippen molar-refractivity contribution in [3.8, 4) is 0 Å². The van der Waals surface area contributed by atoms with Crippen molar-refractivity contribution in [2.75, 3.05) is 6.54 Å². The number of hydrogen-bond acceptors (Lipinski definition) is 3. The van der Waals surface area contributed by atoms with Crippen molar-refractivity contribution in [1.29, 1.82) is 0 Å². The van der Waals surface area contributed by atoms with Gasteiger partial charge in [0.25, 0.3) is 0 Å². The molecule has 0 aromatic rings. The molecule has 2 atom stereocenters. The van der Waals surface area contributed by atoms with Gasteiger partial charge in [0, 0.05) is 12.6 Å². The zero-order valence-electron chi connectivity index (χ0n) is 8.07. The predicted molar refractivity (Wildman–Crippen MR) is 44.4 cm³/mol. The lowest BCUT2D eigenvalue weighted by Crippen LogP contribution is -2.44. The fourth-order valence-electron chi connectivity index (χ4n) is 1.70. The molecule has 2 N–H and O–H groups in total. The summed E-state index contributed by atoms with van der Waals surface area (Å²) in [6.07, 6.45) is -6.89. The molecule has 1 aliphatic rings. The molecular formula is C8H10F3NO4. The number of nitrogens with zero attached hydrogens (tertiary/aromatic N) is 1. The van der Waals surface area contributed by atoms with Crippen LogP contribution in [0.15, 0.2) is 0 Å². The zero-order valence-corrected chi connectivity index (χ0v) is 8.07. The molecule has 0 aliphatic carbocycles. The van der Waals surface area contributed by atoms with Crippen LogP contribution in [0, 0.1) is 0 Å². The van der Waals surface area contributed by atoms with E-state index >= 15 is 0 Å². The van der Waals surface area contributed by atoms with Gasteiger partial charge in [0.2, 0.25) is 0 Å². The van der Waals surface area contributed by atoms with Crippen molar-refractivity contribution in [2.24, 2.45) is 0 Å². The number of alkyl halides is 3. The number of likely N-dealkylation sites (tertiary alicyclic amines) is 1. The molecule has 1 heterocycles. The molecule has 1 saturated heterocycles. The summed E-state index contributed by atoms with van der Waals surface area (Å²) < 4.78 is 36.4. The second-order valence-electron chi connectivity index (χ2n) is 3.60. The number of β-amino-alcohol motifs (C(OH)–C–C–N with tert-alkyl or cyclic N) is 1. The summed E-state index contributed by atoms with van der Waals surface area (Å²) >= 11 is 0. The molecule has 1 amide bonds. The molecule has 0 radical (unpaired) electrons. The van der Waals surface area contributed by atoms with E-state index in [2.05, 4.69) is 0 Å². The lowest BCUT2D eigenvalue weighted by atomic mass is 10.1. The lowest BCUT2D eigenvalue weighted by Gasteiger charge is -2.23. The zero-order chi connectivity index (χ0) is 12.5. The molecule has 1 fully saturated rings. The maximum Gasteiger partial charge on any atom is 0.471 e. The number of carboxylic acids is 1. The van der Waals surface area contributed by atoms with Crippen LogP contribution in [0.5, 0.6) is 0 Å². The Hall–Kier alpha value is -1.31. The van der Waals surface area contributed by atoms with E-state index in [1.54, 1.807) is 0 Å². The molecule has 92 valence electrons. The van der Waals surface area contributed by atoms with Gasteiger partial charge in [-0.15, -0.1) is 0 Å². The van der Waals surface area contributed by atoms with Crippen molar-refractivity contribution in [1.82, 2.24) is 4.90 Å². The molecule has 0 aromatic carbocycles. The summed E-state index contributed by atoms with van der Waals surface area (Å²) in [7, 11) is 0. The maximum atomic E-state index is 12.1. The Bertz CT molecular complexity index is 304. The number of halogens is 3. The summed E-state index contributed by atoms with van der Waals surface area (Å²) in [5.74, 6) is -3.41. The van der Waals surface area contributed by atoms with Crippen molar-refractivity contribution in [3.05, 3.63) is 0 Å². The highest BCUT2D eigenvalue weighted by atomic mass is 19.4. The lowest BCUT2D eigenvalue weighted by molar-refractivity contribution is -0.186. The second-order valence-corrected chi connectivity index (χ2v) is 3.60. The smallest absolute Gasteiger partial charge is 0.471 e. The largest absolute Gasteiger partial charge is 0.481 e. The molecular weight excluding hydrogens is 231 g/mol. The highest BCUT2D eigenvalue weighted by molar-refractivity contribution is 5.83. The van der Waals surface area contributed by atoms with E-state index in [0.717, 1.165) is 0 Å². The summed E-state index contributed by atoms with van der Waals surface area (Å²) in [6, 6.07) is -1.10. The van der Waals surface area contributed by atoms with Crippen LogP contribution in [-0.4, -0.2) is 51.9 Å². The number of carbonyl (C=O) groups excluding carboxylic acids is 1. The van der Waals surface area contributed by atoms with Gasteiger partial charge in [0.05, 0.1) is 12.5 Å². The molecule has 0 aromatic heterocycles. The van der Waals surface area contributed by atoms with E-state index < -0.39 is 43.2 Å². The molecule has 16 heavy (non-hydrogen) atoms. The summed E-state index contributed by atoms with van der Waals surface area (Å²) in [4.78, 5) is 21.7. The van der Waals surface area contributed by atoms with Crippen molar-refractivity contribution < 1.29 is 33.0 Å². The number of hydrogen-bond donors (Lipinski definition) is 2. The van der Waals surface area contributed by atoms with Crippen LogP contribution in [0.25, 0.3) is 0 Å². The third-order valence-electron chi connectivity index (χ3n) is 2.31. The van der Waals surface area contributed by atoms with Gasteiger partial charge in [-0.2, -0.15) is 13.2 Å². The standard InChI is InChI=1S/C8H10F3NO4/c9-8(10,11)7(16)12-3-5(13)1-4(12)2-6(14)15/h4-5,13H,1-3H2,(H,14,15)/t4-,5+/m0/s1. The average Bonchev–Trinajstić information content (AvgIpc) is 2.42. The Morgan fingerprint density at radius 3 is 2.38 bits per heavy atom. The third kappa shape index (κ3) is 2.84. The van der Waals surface area contributed by atoms with Gasteiger partial charge in [-0.05, 0) is 6.42 Å². The number of rotatable bonds is 2. The van der Waals surface area contributed by atoms with Crippen molar-refractivity contribution in [2.45, 2.75) is 31.2 Å². The normalized spacial score (nSPS) is 25.9. The predicted octanol–water partition coefficient (Wildman–Crippen LogP) is -0.0148. The van der Waals surface area contributed by atoms with Crippen LogP contribution >= 0.6 is 0 Å². The molecule has 8 heteroatoms. The molecule has 0 spiro atoms. The van der Waals surface area contributed by atoms with Crippen LogP contribution in [0.2, 0.25) is 0 Å². The number of aliphatic hydroxyl groups is 1. The number of aliphatic hydroxyl groups excluding tert-OH is 1. The highest BCUT2D eigenvalue weighted by Crippen LogP contribution is 2.27. The van der Waals surface area contributed by atoms with E-state index in [-0.39, 0.29) is 6.42 Å². The van der Waals surface area contributed by atoms with E-state index in [4.69, 9.17) is 10.2 Å². The minimum Gasteiger partial charge on any atom is -0.481 e. The van der Waals surface area contributed by atoms with Gasteiger partial charge in [-0.25, -0.2) is 0 Å². The van der Waals surface area contributed by atoms with Crippen LogP contribution < -0.4 is 0 Å². The molecule has 1 aliphatic heterocycles. The van der Waals surface area contributed by atoms with Crippen molar-refractivity contribution in [3.63, 3.8) is 0 Å². The van der Waals surface area contributed by atoms with Gasteiger partial charge in [-0.3, -0.25) is 9.59 Å². The number of aliphatic carboxylic acids is 1. The molecule has 0 saturated carbocycles. The number of carbonyl (C=O) groups is 2. The Kier molecular flexibility index (Phi) is 3.41. The Morgan fingerprint density at radius 2 is 1.94 bits per heavy atom. The van der Waals surface area contributed by atoms with Crippen molar-refractivity contribution >= 4 is 11.9 Å². The average molecular weight is 241 g/mol. The van der Waals surface area contributed by atoms with Crippen LogP contribution in [0.3, 0.4) is 0 Å². The first kappa shape index (κ1) is 12.8. The minimum atomic E-state index is -5.04. The first-order valence-corrected chi connectivity index (χ1v) is 4.49. The van der Waals surface area contributed by atoms with Gasteiger partial charge >= 0.3 is 18.1 Å². The van der Waals surface area contributed by atoms with Gasteiger partial charge in [-0.1, -0.05) is 0 Å². The molecule has 0 bridgehead atoms. The van der Waals surface area contributed by atoms with Crippen LogP contribution in [0.4, 0.5) is 13.2 Å². The fraction of sp³-hybridized carbons (Fsp3) is 0.750. The first-order chi connectivity index (χ1) is 7.21. The summed E-state index contributed by atoms with van der Waals surface area (Å²) in [5, 5.41) is 17.6. The number of carboxylic acid groups (broad SMARTS) is 1. The Labute approximate surface area is 88.5 Å². The van der Waals surface area contributed by atoms with Gasteiger partial charge in [0.1, 0.15) is 0 Å². The van der Waals surface area contributed by atoms with Crippen LogP contribution in [-0.2, 0) is 9.59 Å². The Morgan fingerprint density at radius 1 is 1.38 bits per heavy atom. The minimum absolute atomic E-state index is 0.145. The summed E-state index contributed by atoms with van der Waals surface area (Å²) in [6.45, 7) is -0.476. The van der Waals surface area contributed by atoms with Crippen LogP contribution in [0.1, 0.15) is 12.8 Å². The number of amides is 1. The van der Waals surface area contributed by atoms with E-state index in [0.29, 0.717) is 4.90 Å². The van der Waals surface area contributed by atoms with E-state index in [1.165, 1.54) is 0 Å². The quantitative estimate of drug-likeness (QED) is 0.712. The third-order valence-corrected chi connectivity index (χ3v) is 2.31. The monoisotopic (exact) mass is 241 g/mol. The molecule has 1 rings (SSSR count). The van der Waals surface area contributed by atoms with Gasteiger partial charge in [0.15, 0.2) is 0 Å². The van der Waals surface area contributed by atoms with Gasteiger partial charge < -0.3 is 15.1 Å².